The Morgan fingerprint density at radius 3 is 2.72 bits per heavy atom. The quantitative estimate of drug-likeness (QED) is 0.377. The summed E-state index contributed by atoms with van der Waals surface area (Å²) in [6, 6.07) is 10.8. The molecule has 2 atom stereocenters. The molecule has 0 spiro atoms. The monoisotopic (exact) mass is 494 g/mol. The van der Waals surface area contributed by atoms with E-state index in [0.29, 0.717) is 29.7 Å². The molecule has 5 rings (SSSR count). The Morgan fingerprint density at radius 2 is 2.03 bits per heavy atom. The highest BCUT2D eigenvalue weighted by Crippen LogP contribution is 2.39. The van der Waals surface area contributed by atoms with E-state index in [9.17, 15) is 18.4 Å². The zero-order valence-electron chi connectivity index (χ0n) is 19.4. The number of anilines is 1. The van der Waals surface area contributed by atoms with E-state index < -0.39 is 29.4 Å². The molecule has 1 saturated carbocycles. The van der Waals surface area contributed by atoms with Crippen LogP contribution < -0.4 is 21.3 Å². The predicted molar refractivity (Wildman–Crippen MR) is 130 cm³/mol. The first-order valence-electron chi connectivity index (χ1n) is 11.5. The molecule has 2 aromatic carbocycles. The topological polar surface area (TPSA) is 128 Å². The summed E-state index contributed by atoms with van der Waals surface area (Å²) in [6.45, 7) is 0.179. The van der Waals surface area contributed by atoms with Crippen molar-refractivity contribution >= 4 is 22.6 Å². The fourth-order valence-electron chi connectivity index (χ4n) is 4.67. The van der Waals surface area contributed by atoms with Gasteiger partial charge in [0.2, 0.25) is 0 Å². The van der Waals surface area contributed by atoms with Crippen LogP contribution in [0.25, 0.3) is 16.6 Å². The number of hydrogen-bond donors (Lipinski definition) is 3. The second-order valence-corrected chi connectivity index (χ2v) is 8.71. The number of rotatable bonds is 6. The van der Waals surface area contributed by atoms with Crippen LogP contribution in [0, 0.1) is 5.82 Å². The number of carbonyl (C=O) groups is 1. The van der Waals surface area contributed by atoms with Gasteiger partial charge < -0.3 is 15.8 Å². The molecule has 1 aliphatic rings. The van der Waals surface area contributed by atoms with E-state index >= 15 is 0 Å². The number of fused-ring (bicyclic) bond motifs is 1. The summed E-state index contributed by atoms with van der Waals surface area (Å²) in [6.07, 6.45) is 0.678. The fraction of sp³-hybridized carbons (Fsp3) is 0.280. The van der Waals surface area contributed by atoms with Crippen LogP contribution in [0.5, 0.6) is 5.75 Å². The molecule has 4 N–H and O–H groups in total. The highest BCUT2D eigenvalue weighted by molar-refractivity contribution is 5.97. The summed E-state index contributed by atoms with van der Waals surface area (Å²) in [4.78, 5) is 25.2. The number of nitrogens with zero attached hydrogens (tertiary/aromatic N) is 3. The van der Waals surface area contributed by atoms with Gasteiger partial charge in [-0.3, -0.25) is 9.59 Å². The highest BCUT2D eigenvalue weighted by atomic mass is 19.1. The van der Waals surface area contributed by atoms with Crippen LogP contribution in [-0.2, 0) is 6.54 Å². The first-order valence-corrected chi connectivity index (χ1v) is 11.5. The standard InChI is InChI=1S/C25H24F2N6O3/c1-36-19-10-7-14(26)11-17(19)24(34)29-12-13-5-8-15(9-6-13)33-22-20(25(35)31-30-23(22)28)21(32-33)16-3-2-4-18(16)27/h5-11,16,18H,2-4,12H2,1H3,(H2,28,30)(H,29,34)(H,31,35)/t16-,18?/m0/s1. The van der Waals surface area contributed by atoms with Crippen molar-refractivity contribution in [2.75, 3.05) is 12.8 Å². The number of halogens is 2. The van der Waals surface area contributed by atoms with Crippen molar-refractivity contribution in [1.29, 1.82) is 0 Å². The normalized spacial score (nSPS) is 17.4. The maximum atomic E-state index is 14.6. The summed E-state index contributed by atoms with van der Waals surface area (Å²) in [5, 5.41) is 13.8. The van der Waals surface area contributed by atoms with Gasteiger partial charge in [0.25, 0.3) is 11.5 Å². The Morgan fingerprint density at radius 1 is 1.25 bits per heavy atom. The number of nitrogen functional groups attached to an aromatic ring is 1. The maximum absolute atomic E-state index is 14.6. The summed E-state index contributed by atoms with van der Waals surface area (Å²) in [5.74, 6) is -1.15. The minimum Gasteiger partial charge on any atom is -0.496 e. The molecule has 4 aromatic rings. The second-order valence-electron chi connectivity index (χ2n) is 8.71. The molecular formula is C25H24F2N6O3. The molecule has 1 fully saturated rings. The molecule has 2 aromatic heterocycles. The van der Waals surface area contributed by atoms with Crippen LogP contribution in [0.15, 0.2) is 47.3 Å². The molecule has 36 heavy (non-hydrogen) atoms. The Hall–Kier alpha value is -4.28. The lowest BCUT2D eigenvalue weighted by Crippen LogP contribution is -2.23. The van der Waals surface area contributed by atoms with Crippen molar-refractivity contribution < 1.29 is 18.3 Å². The van der Waals surface area contributed by atoms with Gasteiger partial charge in [0.05, 0.1) is 29.4 Å². The maximum Gasteiger partial charge on any atom is 0.275 e. The number of nitrogens with one attached hydrogen (secondary N) is 2. The van der Waals surface area contributed by atoms with Crippen molar-refractivity contribution in [3.05, 3.63) is 75.5 Å². The number of carbonyl (C=O) groups excluding carboxylic acids is 1. The Labute approximate surface area is 204 Å². The van der Waals surface area contributed by atoms with E-state index in [-0.39, 0.29) is 29.1 Å². The van der Waals surface area contributed by atoms with Gasteiger partial charge in [0, 0.05) is 12.5 Å². The van der Waals surface area contributed by atoms with Gasteiger partial charge in [-0.15, -0.1) is 0 Å². The lowest BCUT2D eigenvalue weighted by atomic mass is 10.0. The molecule has 9 nitrogen and oxygen atoms in total. The lowest BCUT2D eigenvalue weighted by molar-refractivity contribution is 0.0947. The SMILES string of the molecule is COc1ccc(F)cc1C(=O)NCc1ccc(-n2nc([C@H]3CCCC3F)c3c(=O)[nH]nc(N)c32)cc1. The number of nitrogens with two attached hydrogens (primary N) is 1. The average molecular weight is 495 g/mol. The van der Waals surface area contributed by atoms with Gasteiger partial charge in [-0.05, 0) is 55.2 Å². The third kappa shape index (κ3) is 4.16. The molecule has 2 heterocycles. The van der Waals surface area contributed by atoms with Crippen LogP contribution in [0.1, 0.15) is 46.8 Å². The van der Waals surface area contributed by atoms with Crippen molar-refractivity contribution in [2.45, 2.75) is 37.9 Å². The predicted octanol–water partition coefficient (Wildman–Crippen LogP) is 3.37. The highest BCUT2D eigenvalue weighted by Gasteiger charge is 2.34. The number of alkyl halides is 1. The Balaban J connectivity index is 1.42. The van der Waals surface area contributed by atoms with Crippen LogP contribution in [0.2, 0.25) is 0 Å². The van der Waals surface area contributed by atoms with Gasteiger partial charge >= 0.3 is 0 Å². The molecule has 0 saturated heterocycles. The van der Waals surface area contributed by atoms with Crippen molar-refractivity contribution in [1.82, 2.24) is 25.3 Å². The summed E-state index contributed by atoms with van der Waals surface area (Å²) in [7, 11) is 1.41. The van der Waals surface area contributed by atoms with E-state index in [1.54, 1.807) is 24.3 Å². The number of benzene rings is 2. The molecule has 186 valence electrons. The molecule has 0 aliphatic heterocycles. The van der Waals surface area contributed by atoms with Gasteiger partial charge in [-0.1, -0.05) is 12.1 Å². The van der Waals surface area contributed by atoms with E-state index in [2.05, 4.69) is 20.6 Å². The first kappa shape index (κ1) is 23.5. The number of amides is 1. The van der Waals surface area contributed by atoms with Crippen molar-refractivity contribution in [2.24, 2.45) is 0 Å². The number of aromatic nitrogens is 4. The molecule has 0 radical (unpaired) electrons. The molecule has 1 unspecified atom stereocenters. The minimum absolute atomic E-state index is 0.0807. The fourth-order valence-corrected chi connectivity index (χ4v) is 4.67. The first-order chi connectivity index (χ1) is 17.4. The van der Waals surface area contributed by atoms with Gasteiger partial charge in [-0.25, -0.2) is 18.6 Å². The molecule has 1 amide bonds. The van der Waals surface area contributed by atoms with E-state index in [1.807, 2.05) is 0 Å². The summed E-state index contributed by atoms with van der Waals surface area (Å²) >= 11 is 0. The van der Waals surface area contributed by atoms with Crippen LogP contribution in [-0.4, -0.2) is 39.2 Å². The zero-order valence-corrected chi connectivity index (χ0v) is 19.4. The van der Waals surface area contributed by atoms with Crippen molar-refractivity contribution in [3.63, 3.8) is 0 Å². The Bertz CT molecular complexity index is 1500. The van der Waals surface area contributed by atoms with Crippen molar-refractivity contribution in [3.8, 4) is 11.4 Å². The minimum atomic E-state index is -1.08. The zero-order chi connectivity index (χ0) is 25.4. The molecule has 0 bridgehead atoms. The molecule has 1 aliphatic carbocycles. The largest absolute Gasteiger partial charge is 0.496 e. The van der Waals surface area contributed by atoms with Gasteiger partial charge in [0.1, 0.15) is 23.3 Å². The van der Waals surface area contributed by atoms with Crippen LogP contribution in [0.3, 0.4) is 0 Å². The third-order valence-electron chi connectivity index (χ3n) is 6.48. The van der Waals surface area contributed by atoms with E-state index in [4.69, 9.17) is 10.5 Å². The van der Waals surface area contributed by atoms with E-state index in [1.165, 1.54) is 23.9 Å². The van der Waals surface area contributed by atoms with Gasteiger partial charge in [0.15, 0.2) is 5.82 Å². The summed E-state index contributed by atoms with van der Waals surface area (Å²) in [5.41, 5.74) is 7.79. The average Bonchev–Trinajstić information content (AvgIpc) is 3.49. The second kappa shape index (κ2) is 9.40. The van der Waals surface area contributed by atoms with E-state index in [0.717, 1.165) is 18.1 Å². The number of H-pyrrole nitrogens is 1. The number of aromatic amines is 1. The van der Waals surface area contributed by atoms with Crippen LogP contribution in [0.4, 0.5) is 14.6 Å². The smallest absolute Gasteiger partial charge is 0.275 e. The molecule has 11 heteroatoms. The Kier molecular flexibility index (Phi) is 6.13. The van der Waals surface area contributed by atoms with Gasteiger partial charge in [-0.2, -0.15) is 10.2 Å². The number of ether oxygens (including phenoxy) is 1. The molecular weight excluding hydrogens is 470 g/mol. The number of methoxy groups -OCH3 is 1. The van der Waals surface area contributed by atoms with Crippen LogP contribution >= 0.6 is 0 Å². The number of hydrogen-bond acceptors (Lipinski definition) is 6. The summed E-state index contributed by atoms with van der Waals surface area (Å²) < 4.78 is 34.8. The third-order valence-corrected chi connectivity index (χ3v) is 6.48. The lowest BCUT2D eigenvalue weighted by Gasteiger charge is -2.10.